The molecule has 1 aliphatic heterocycles. The second-order valence-corrected chi connectivity index (χ2v) is 10.0. The topological polar surface area (TPSA) is 65.8 Å². The van der Waals surface area contributed by atoms with Crippen LogP contribution in [-0.4, -0.2) is 48.4 Å². The van der Waals surface area contributed by atoms with Gasteiger partial charge in [-0.1, -0.05) is 25.1 Å². The maximum absolute atomic E-state index is 13.5. The number of nitrogens with zero attached hydrogens (tertiary/aromatic N) is 3. The first kappa shape index (κ1) is 27.7. The minimum Gasteiger partial charge on any atom is -0.491 e. The van der Waals surface area contributed by atoms with Crippen molar-refractivity contribution in [3.05, 3.63) is 88.9 Å². The number of ether oxygens (including phenoxy) is 3. The average molecular weight is 542 g/mol. The third-order valence-electron chi connectivity index (χ3n) is 7.81. The van der Waals surface area contributed by atoms with Crippen molar-refractivity contribution in [1.82, 2.24) is 9.55 Å². The maximum Gasteiger partial charge on any atom is 0.341 e. The summed E-state index contributed by atoms with van der Waals surface area (Å²) in [5.41, 5.74) is 4.62. The lowest BCUT2D eigenvalue weighted by atomic mass is 9.80. The Bertz CT molecular complexity index is 1510. The summed E-state index contributed by atoms with van der Waals surface area (Å²) in [6.45, 7) is 14.6. The second-order valence-electron chi connectivity index (χ2n) is 10.0. The highest BCUT2D eigenvalue weighted by atomic mass is 16.6. The van der Waals surface area contributed by atoms with Crippen molar-refractivity contribution in [2.45, 2.75) is 53.2 Å². The van der Waals surface area contributed by atoms with Gasteiger partial charge in [0.2, 0.25) is 5.60 Å². The molecule has 1 atom stereocenters. The predicted octanol–water partition coefficient (Wildman–Crippen LogP) is 6.48. The van der Waals surface area contributed by atoms with Crippen LogP contribution in [0.25, 0.3) is 10.9 Å². The van der Waals surface area contributed by atoms with Crippen LogP contribution in [0.1, 0.15) is 67.0 Å². The van der Waals surface area contributed by atoms with Crippen LogP contribution in [0.15, 0.2) is 60.8 Å². The summed E-state index contributed by atoms with van der Waals surface area (Å²) in [7, 11) is 0. The van der Waals surface area contributed by atoms with Crippen LogP contribution in [-0.2, 0) is 21.6 Å². The van der Waals surface area contributed by atoms with Crippen LogP contribution < -0.4 is 9.64 Å². The molecule has 0 amide bonds. The van der Waals surface area contributed by atoms with Gasteiger partial charge < -0.3 is 23.7 Å². The molecule has 1 aliphatic rings. The van der Waals surface area contributed by atoms with Gasteiger partial charge in [-0.25, -0.2) is 4.79 Å². The first-order chi connectivity index (χ1) is 19.5. The molecular formula is C33H39N3O4. The third kappa shape index (κ3) is 4.52. The van der Waals surface area contributed by atoms with Gasteiger partial charge in [-0.15, -0.1) is 0 Å². The zero-order valence-corrected chi connectivity index (χ0v) is 24.2. The van der Waals surface area contributed by atoms with E-state index in [1.54, 1.807) is 18.3 Å². The van der Waals surface area contributed by atoms with Gasteiger partial charge in [-0.2, -0.15) is 0 Å². The molecule has 0 bridgehead atoms. The Morgan fingerprint density at radius 1 is 0.975 bits per heavy atom. The van der Waals surface area contributed by atoms with Crippen LogP contribution in [0.4, 0.5) is 5.69 Å². The number of carbonyl (C=O) groups is 1. The summed E-state index contributed by atoms with van der Waals surface area (Å²) in [4.78, 5) is 20.6. The van der Waals surface area contributed by atoms with Crippen LogP contribution in [0.3, 0.4) is 0 Å². The summed E-state index contributed by atoms with van der Waals surface area (Å²) in [5, 5.41) is 1.03. The van der Waals surface area contributed by atoms with E-state index in [9.17, 15) is 4.79 Å². The molecule has 0 N–H and O–H groups in total. The van der Waals surface area contributed by atoms with Crippen molar-refractivity contribution < 1.29 is 19.0 Å². The summed E-state index contributed by atoms with van der Waals surface area (Å²) in [5.74, 6) is 0.268. The number of rotatable bonds is 12. The highest BCUT2D eigenvalue weighted by molar-refractivity contribution is 5.98. The number of pyridine rings is 1. The molecule has 2 aromatic heterocycles. The Morgan fingerprint density at radius 2 is 1.77 bits per heavy atom. The molecule has 3 heterocycles. The van der Waals surface area contributed by atoms with Gasteiger partial charge in [0.25, 0.3) is 0 Å². The Balaban J connectivity index is 1.80. The largest absolute Gasteiger partial charge is 0.491 e. The van der Waals surface area contributed by atoms with Crippen LogP contribution >= 0.6 is 0 Å². The number of para-hydroxylation sites is 1. The van der Waals surface area contributed by atoms with Gasteiger partial charge >= 0.3 is 5.97 Å². The fraction of sp³-hybridized carbons (Fsp3) is 0.394. The van der Waals surface area contributed by atoms with Crippen molar-refractivity contribution in [2.24, 2.45) is 0 Å². The van der Waals surface area contributed by atoms with E-state index in [1.807, 2.05) is 18.2 Å². The summed E-state index contributed by atoms with van der Waals surface area (Å²) in [6.07, 6.45) is 2.68. The Morgan fingerprint density at radius 3 is 2.52 bits per heavy atom. The third-order valence-corrected chi connectivity index (χ3v) is 7.81. The number of esters is 1. The standard InChI is InChI=1S/C33H39N3O4/c1-6-19-38-20-21-39-29-22-24(35(7-2)8-3)16-17-27(29)33(31-26(32(37)40-33)14-12-18-34-31)30-23(5)36(9-4)28-15-11-10-13-25(28)30/h10-18,22H,6-9,19-21H2,1-5H3. The van der Waals surface area contributed by atoms with E-state index in [-0.39, 0.29) is 5.97 Å². The highest BCUT2D eigenvalue weighted by Crippen LogP contribution is 2.52. The Kier molecular flexibility index (Phi) is 8.12. The molecular weight excluding hydrogens is 502 g/mol. The number of benzene rings is 2. The minimum absolute atomic E-state index is 0.378. The quantitative estimate of drug-likeness (QED) is 0.151. The minimum atomic E-state index is -1.28. The fourth-order valence-corrected chi connectivity index (χ4v) is 6.03. The lowest BCUT2D eigenvalue weighted by Crippen LogP contribution is -2.32. The van der Waals surface area contributed by atoms with Gasteiger partial charge in [0.15, 0.2) is 0 Å². The van der Waals surface area contributed by atoms with Crippen molar-refractivity contribution >= 4 is 22.6 Å². The van der Waals surface area contributed by atoms with E-state index < -0.39 is 5.60 Å². The van der Waals surface area contributed by atoms with Crippen molar-refractivity contribution in [1.29, 1.82) is 0 Å². The summed E-state index contributed by atoms with van der Waals surface area (Å²) >= 11 is 0. The fourth-order valence-electron chi connectivity index (χ4n) is 6.03. The number of aromatic nitrogens is 2. The van der Waals surface area contributed by atoms with E-state index in [1.165, 1.54) is 0 Å². The number of aryl methyl sites for hydroxylation is 1. The van der Waals surface area contributed by atoms with Crippen LogP contribution in [0, 0.1) is 6.92 Å². The molecule has 4 aromatic rings. The molecule has 1 unspecified atom stereocenters. The maximum atomic E-state index is 13.5. The molecule has 7 heteroatoms. The number of hydrogen-bond donors (Lipinski definition) is 0. The number of anilines is 1. The Hall–Kier alpha value is -3.84. The predicted molar refractivity (Wildman–Crippen MR) is 158 cm³/mol. The molecule has 5 rings (SSSR count). The molecule has 0 spiro atoms. The average Bonchev–Trinajstić information content (AvgIpc) is 3.44. The summed E-state index contributed by atoms with van der Waals surface area (Å²) in [6, 6.07) is 18.1. The van der Waals surface area contributed by atoms with Gasteiger partial charge in [-0.05, 0) is 64.4 Å². The highest BCUT2D eigenvalue weighted by Gasteiger charge is 2.54. The van der Waals surface area contributed by atoms with Gasteiger partial charge in [0, 0.05) is 71.9 Å². The number of hydrogen-bond acceptors (Lipinski definition) is 6. The van der Waals surface area contributed by atoms with E-state index >= 15 is 0 Å². The number of cyclic esters (lactones) is 1. The van der Waals surface area contributed by atoms with E-state index in [2.05, 4.69) is 68.4 Å². The monoisotopic (exact) mass is 541 g/mol. The van der Waals surface area contributed by atoms with Gasteiger partial charge in [0.05, 0.1) is 12.2 Å². The first-order valence-electron chi connectivity index (χ1n) is 14.4. The Labute approximate surface area is 236 Å². The van der Waals surface area contributed by atoms with Gasteiger partial charge in [-0.3, -0.25) is 4.98 Å². The normalized spacial score (nSPS) is 16.3. The number of fused-ring (bicyclic) bond motifs is 2. The SMILES string of the molecule is CCCOCCOc1cc(N(CC)CC)ccc1C1(c2c(C)n(CC)c3ccccc23)OC(=O)c2cccnc21. The van der Waals surface area contributed by atoms with Crippen LogP contribution in [0.2, 0.25) is 0 Å². The van der Waals surface area contributed by atoms with Crippen LogP contribution in [0.5, 0.6) is 5.75 Å². The number of carbonyl (C=O) groups excluding carboxylic acids is 1. The second kappa shape index (κ2) is 11.7. The molecule has 0 aliphatic carbocycles. The molecule has 0 fully saturated rings. The van der Waals surface area contributed by atoms with E-state index in [4.69, 9.17) is 19.2 Å². The molecule has 40 heavy (non-hydrogen) atoms. The van der Waals surface area contributed by atoms with Crippen molar-refractivity contribution in [3.8, 4) is 5.75 Å². The smallest absolute Gasteiger partial charge is 0.341 e. The zero-order chi connectivity index (χ0) is 28.3. The van der Waals surface area contributed by atoms with Crippen molar-refractivity contribution in [3.63, 3.8) is 0 Å². The first-order valence-corrected chi connectivity index (χ1v) is 14.4. The molecule has 2 aromatic carbocycles. The zero-order valence-electron chi connectivity index (χ0n) is 24.2. The summed E-state index contributed by atoms with van der Waals surface area (Å²) < 4.78 is 21.0. The molecule has 210 valence electrons. The molecule has 0 radical (unpaired) electrons. The lowest BCUT2D eigenvalue weighted by Gasteiger charge is -2.32. The van der Waals surface area contributed by atoms with E-state index in [0.29, 0.717) is 36.8 Å². The molecule has 0 saturated carbocycles. The van der Waals surface area contributed by atoms with Crippen molar-refractivity contribution in [2.75, 3.05) is 37.8 Å². The molecule has 7 nitrogen and oxygen atoms in total. The molecule has 0 saturated heterocycles. The van der Waals surface area contributed by atoms with E-state index in [0.717, 1.165) is 59.5 Å². The lowest BCUT2D eigenvalue weighted by molar-refractivity contribution is 0.0233. The van der Waals surface area contributed by atoms with Gasteiger partial charge in [0.1, 0.15) is 18.1 Å².